The van der Waals surface area contributed by atoms with Crippen LogP contribution in [0, 0.1) is 19.8 Å². The quantitative estimate of drug-likeness (QED) is 0.690. The summed E-state index contributed by atoms with van der Waals surface area (Å²) >= 11 is 0. The third kappa shape index (κ3) is 4.69. The van der Waals surface area contributed by atoms with Crippen LogP contribution in [-0.2, 0) is 19.0 Å². The third-order valence-corrected chi connectivity index (χ3v) is 4.71. The number of hydrogen-bond donors (Lipinski definition) is 0. The van der Waals surface area contributed by atoms with Crippen LogP contribution in [0.4, 0.5) is 0 Å². The summed E-state index contributed by atoms with van der Waals surface area (Å²) in [5.41, 5.74) is 2.97. The Hall–Kier alpha value is -2.44. The van der Waals surface area contributed by atoms with Crippen LogP contribution >= 0.6 is 0 Å². The lowest BCUT2D eigenvalue weighted by atomic mass is 10.1. The van der Waals surface area contributed by atoms with E-state index in [1.807, 2.05) is 50.3 Å². The molecule has 150 valence electrons. The maximum atomic E-state index is 11.9. The van der Waals surface area contributed by atoms with Gasteiger partial charge < -0.3 is 18.6 Å². The Labute approximate surface area is 165 Å². The number of benzene rings is 1. The van der Waals surface area contributed by atoms with Crippen molar-refractivity contribution in [2.24, 2.45) is 5.92 Å². The molecule has 6 nitrogen and oxygen atoms in total. The number of carbonyl (C=O) groups is 1. The van der Waals surface area contributed by atoms with E-state index in [4.69, 9.17) is 18.6 Å². The van der Waals surface area contributed by atoms with E-state index < -0.39 is 11.8 Å². The normalized spacial score (nSPS) is 22.5. The predicted octanol–water partition coefficient (Wildman–Crippen LogP) is 4.30. The Morgan fingerprint density at radius 1 is 1.25 bits per heavy atom. The molecule has 0 aliphatic carbocycles. The minimum atomic E-state index is -1.30. The van der Waals surface area contributed by atoms with Crippen LogP contribution in [0.25, 0.3) is 17.5 Å². The summed E-state index contributed by atoms with van der Waals surface area (Å²) in [6.45, 7) is 8.48. The number of oxazole rings is 1. The number of aryl methyl sites for hydroxylation is 2. The van der Waals surface area contributed by atoms with Gasteiger partial charge in [0.25, 0.3) is 5.79 Å². The molecule has 1 aromatic carbocycles. The Balaban J connectivity index is 1.56. The maximum absolute atomic E-state index is 11.9. The first-order chi connectivity index (χ1) is 13.4. The molecule has 0 spiro atoms. The number of ether oxygens (including phenoxy) is 3. The van der Waals surface area contributed by atoms with Gasteiger partial charge in [0.05, 0.1) is 19.8 Å². The molecule has 0 amide bonds. The van der Waals surface area contributed by atoms with E-state index in [-0.39, 0.29) is 5.92 Å². The topological polar surface area (TPSA) is 70.8 Å². The van der Waals surface area contributed by atoms with Crippen LogP contribution in [0.2, 0.25) is 0 Å². The van der Waals surface area contributed by atoms with E-state index in [0.29, 0.717) is 25.7 Å². The molecular formula is C22H27NO5. The van der Waals surface area contributed by atoms with Crippen LogP contribution in [0.15, 0.2) is 34.8 Å². The molecule has 1 aliphatic heterocycles. The molecule has 0 N–H and O–H groups in total. The first-order valence-corrected chi connectivity index (χ1v) is 9.57. The standard InChI is InChI=1S/C22H27NO5/c1-5-25-21(24)22(4)26-13-17(14-27-22)7-6-8-19-16(3)28-20(23-19)18-11-9-15(2)10-12-18/h6,8-12,17H,5,7,13-14H2,1-4H3/b8-6+. The molecule has 0 radical (unpaired) electrons. The van der Waals surface area contributed by atoms with Crippen LogP contribution in [0.1, 0.15) is 37.3 Å². The van der Waals surface area contributed by atoms with Crippen LogP contribution in [0.5, 0.6) is 0 Å². The zero-order valence-corrected chi connectivity index (χ0v) is 16.9. The molecule has 2 aromatic rings. The zero-order chi connectivity index (χ0) is 20.1. The molecule has 1 fully saturated rings. The molecule has 2 heterocycles. The summed E-state index contributed by atoms with van der Waals surface area (Å²) in [7, 11) is 0. The van der Waals surface area contributed by atoms with E-state index in [2.05, 4.69) is 4.98 Å². The fourth-order valence-electron chi connectivity index (χ4n) is 2.91. The maximum Gasteiger partial charge on any atom is 0.366 e. The van der Waals surface area contributed by atoms with Crippen molar-refractivity contribution in [1.82, 2.24) is 4.98 Å². The van der Waals surface area contributed by atoms with Gasteiger partial charge in [-0.05, 0) is 45.4 Å². The molecule has 0 bridgehead atoms. The highest BCUT2D eigenvalue weighted by Crippen LogP contribution is 2.26. The van der Waals surface area contributed by atoms with E-state index in [1.54, 1.807) is 13.8 Å². The van der Waals surface area contributed by atoms with Gasteiger partial charge in [-0.3, -0.25) is 0 Å². The van der Waals surface area contributed by atoms with Gasteiger partial charge >= 0.3 is 5.97 Å². The second-order valence-corrected chi connectivity index (χ2v) is 7.12. The van der Waals surface area contributed by atoms with Gasteiger partial charge in [0.1, 0.15) is 11.5 Å². The van der Waals surface area contributed by atoms with E-state index in [1.165, 1.54) is 5.56 Å². The number of allylic oxidation sites excluding steroid dienone is 1. The first-order valence-electron chi connectivity index (χ1n) is 9.57. The average molecular weight is 385 g/mol. The van der Waals surface area contributed by atoms with Crippen molar-refractivity contribution in [1.29, 1.82) is 0 Å². The van der Waals surface area contributed by atoms with Gasteiger partial charge in [0.2, 0.25) is 5.89 Å². The molecule has 0 unspecified atom stereocenters. The largest absolute Gasteiger partial charge is 0.462 e. The minimum Gasteiger partial charge on any atom is -0.462 e. The lowest BCUT2D eigenvalue weighted by Gasteiger charge is -2.35. The first kappa shape index (κ1) is 20.3. The highest BCUT2D eigenvalue weighted by atomic mass is 16.7. The summed E-state index contributed by atoms with van der Waals surface area (Å²) in [6, 6.07) is 8.09. The van der Waals surface area contributed by atoms with Gasteiger partial charge in [-0.1, -0.05) is 23.8 Å². The fraction of sp³-hybridized carbons (Fsp3) is 0.455. The molecule has 0 saturated carbocycles. The van der Waals surface area contributed by atoms with Crippen molar-refractivity contribution in [3.63, 3.8) is 0 Å². The summed E-state index contributed by atoms with van der Waals surface area (Å²) < 4.78 is 22.0. The fourth-order valence-corrected chi connectivity index (χ4v) is 2.91. The zero-order valence-electron chi connectivity index (χ0n) is 16.9. The number of nitrogens with zero attached hydrogens (tertiary/aromatic N) is 1. The smallest absolute Gasteiger partial charge is 0.366 e. The van der Waals surface area contributed by atoms with Crippen LogP contribution < -0.4 is 0 Å². The third-order valence-electron chi connectivity index (χ3n) is 4.71. The lowest BCUT2D eigenvalue weighted by molar-refractivity contribution is -0.273. The molecule has 1 aromatic heterocycles. The van der Waals surface area contributed by atoms with Crippen molar-refractivity contribution in [2.75, 3.05) is 19.8 Å². The summed E-state index contributed by atoms with van der Waals surface area (Å²) in [4.78, 5) is 16.5. The van der Waals surface area contributed by atoms with Gasteiger partial charge in [-0.25, -0.2) is 9.78 Å². The number of aromatic nitrogens is 1. The molecule has 3 rings (SSSR count). The molecule has 1 saturated heterocycles. The van der Waals surface area contributed by atoms with Crippen LogP contribution in [0.3, 0.4) is 0 Å². The number of rotatable bonds is 6. The Bertz CT molecular complexity index is 829. The predicted molar refractivity (Wildman–Crippen MR) is 105 cm³/mol. The summed E-state index contributed by atoms with van der Waals surface area (Å²) in [6.07, 6.45) is 4.74. The van der Waals surface area contributed by atoms with E-state index in [0.717, 1.165) is 23.4 Å². The highest BCUT2D eigenvalue weighted by Gasteiger charge is 2.41. The Morgan fingerprint density at radius 2 is 1.93 bits per heavy atom. The van der Waals surface area contributed by atoms with Gasteiger partial charge in [-0.2, -0.15) is 0 Å². The van der Waals surface area contributed by atoms with Crippen molar-refractivity contribution in [3.8, 4) is 11.5 Å². The van der Waals surface area contributed by atoms with E-state index >= 15 is 0 Å². The molecule has 0 atom stereocenters. The second kappa shape index (κ2) is 8.71. The van der Waals surface area contributed by atoms with Crippen molar-refractivity contribution in [2.45, 2.75) is 39.9 Å². The van der Waals surface area contributed by atoms with E-state index in [9.17, 15) is 4.79 Å². The number of carbonyl (C=O) groups excluding carboxylic acids is 1. The Morgan fingerprint density at radius 3 is 2.57 bits per heavy atom. The molecule has 6 heteroatoms. The van der Waals surface area contributed by atoms with Crippen molar-refractivity contribution >= 4 is 12.0 Å². The summed E-state index contributed by atoms with van der Waals surface area (Å²) in [5.74, 6) is -0.222. The van der Waals surface area contributed by atoms with Gasteiger partial charge in [0, 0.05) is 18.4 Å². The number of hydrogen-bond acceptors (Lipinski definition) is 6. The highest BCUT2D eigenvalue weighted by molar-refractivity contribution is 5.77. The van der Waals surface area contributed by atoms with Crippen LogP contribution in [-0.4, -0.2) is 36.6 Å². The van der Waals surface area contributed by atoms with Crippen molar-refractivity contribution in [3.05, 3.63) is 47.4 Å². The second-order valence-electron chi connectivity index (χ2n) is 7.12. The Kier molecular flexibility index (Phi) is 6.31. The number of esters is 1. The van der Waals surface area contributed by atoms with Gasteiger partial charge in [-0.15, -0.1) is 0 Å². The SMILES string of the molecule is CCOC(=O)C1(C)OCC(C/C=C/c2nc(-c3ccc(C)cc3)oc2C)CO1. The van der Waals surface area contributed by atoms with Gasteiger partial charge in [0.15, 0.2) is 0 Å². The molecule has 1 aliphatic rings. The summed E-state index contributed by atoms with van der Waals surface area (Å²) in [5, 5.41) is 0. The van der Waals surface area contributed by atoms with Crippen molar-refractivity contribution < 1.29 is 23.4 Å². The molecule has 28 heavy (non-hydrogen) atoms. The lowest BCUT2D eigenvalue weighted by Crippen LogP contribution is -2.48. The molecular weight excluding hydrogens is 358 g/mol. The average Bonchev–Trinajstić information content (AvgIpc) is 3.05. The monoisotopic (exact) mass is 385 g/mol. The minimum absolute atomic E-state index is 0.169.